The van der Waals surface area contributed by atoms with Gasteiger partial charge in [0.25, 0.3) is 0 Å². The number of hydrogen-bond donors (Lipinski definition) is 0. The Labute approximate surface area is 169 Å². The predicted molar refractivity (Wildman–Crippen MR) is 106 cm³/mol. The molecule has 0 saturated carbocycles. The van der Waals surface area contributed by atoms with Crippen molar-refractivity contribution in [1.82, 2.24) is 9.80 Å². The van der Waals surface area contributed by atoms with Gasteiger partial charge in [0.15, 0.2) is 9.84 Å². The molecule has 1 aliphatic rings. The van der Waals surface area contributed by atoms with E-state index in [0.717, 1.165) is 0 Å². The van der Waals surface area contributed by atoms with Crippen LogP contribution in [0.4, 0.5) is 4.39 Å². The van der Waals surface area contributed by atoms with Crippen LogP contribution in [-0.4, -0.2) is 56.1 Å². The number of carbonyl (C=O) groups is 1. The zero-order valence-corrected chi connectivity index (χ0v) is 16.9. The Morgan fingerprint density at radius 3 is 2.32 bits per heavy atom. The van der Waals surface area contributed by atoms with Crippen molar-refractivity contribution in [3.8, 4) is 0 Å². The quantitative estimate of drug-likeness (QED) is 0.715. The molecule has 0 bridgehead atoms. The molecular weight excluding hydrogens is 403 g/mol. The lowest BCUT2D eigenvalue weighted by molar-refractivity contribution is -0.132. The van der Waals surface area contributed by atoms with Crippen LogP contribution in [0.1, 0.15) is 12.0 Å². The van der Waals surface area contributed by atoms with Gasteiger partial charge in [-0.05, 0) is 24.3 Å². The van der Waals surface area contributed by atoms with E-state index in [1.54, 1.807) is 35.2 Å². The number of nitrogens with zero attached hydrogens (tertiary/aromatic N) is 2. The smallest absolute Gasteiger partial charge is 0.223 e. The highest BCUT2D eigenvalue weighted by Crippen LogP contribution is 2.21. The van der Waals surface area contributed by atoms with Gasteiger partial charge in [-0.15, -0.1) is 0 Å². The van der Waals surface area contributed by atoms with Crippen molar-refractivity contribution in [2.75, 3.05) is 31.9 Å². The molecule has 1 saturated heterocycles. The van der Waals surface area contributed by atoms with Crippen molar-refractivity contribution in [2.24, 2.45) is 0 Å². The highest BCUT2D eigenvalue weighted by atomic mass is 35.5. The molecule has 0 radical (unpaired) electrons. The third-order valence-electron chi connectivity index (χ3n) is 4.86. The molecule has 0 spiro atoms. The number of carbonyl (C=O) groups excluding carboxylic acids is 1. The molecular formula is C20H22ClFN2O3S. The maximum Gasteiger partial charge on any atom is 0.223 e. The Balaban J connectivity index is 1.50. The summed E-state index contributed by atoms with van der Waals surface area (Å²) in [5.74, 6) is -0.721. The molecule has 2 aromatic carbocycles. The van der Waals surface area contributed by atoms with Gasteiger partial charge in [-0.2, -0.15) is 0 Å². The van der Waals surface area contributed by atoms with Crippen LogP contribution in [0.15, 0.2) is 53.4 Å². The van der Waals surface area contributed by atoms with Crippen LogP contribution < -0.4 is 0 Å². The first kappa shape index (κ1) is 20.8. The fourth-order valence-corrected chi connectivity index (χ4v) is 4.66. The molecule has 1 amide bonds. The Morgan fingerprint density at radius 2 is 1.68 bits per heavy atom. The first-order valence-electron chi connectivity index (χ1n) is 9.07. The fraction of sp³-hybridized carbons (Fsp3) is 0.350. The number of halogens is 2. The van der Waals surface area contributed by atoms with E-state index in [9.17, 15) is 17.6 Å². The highest BCUT2D eigenvalue weighted by molar-refractivity contribution is 7.91. The summed E-state index contributed by atoms with van der Waals surface area (Å²) < 4.78 is 38.6. The van der Waals surface area contributed by atoms with E-state index in [2.05, 4.69) is 0 Å². The van der Waals surface area contributed by atoms with E-state index in [1.165, 1.54) is 18.2 Å². The van der Waals surface area contributed by atoms with Crippen molar-refractivity contribution < 1.29 is 17.6 Å². The fourth-order valence-electron chi connectivity index (χ4n) is 3.19. The molecule has 0 atom stereocenters. The standard InChI is InChI=1S/C20H22ClFN2O3S/c21-18-7-4-8-19(22)17(18)15-23-10-12-24(13-11-23)20(25)9-14-28(26,27)16-5-2-1-3-6-16/h1-8H,9-15H2. The lowest BCUT2D eigenvalue weighted by Crippen LogP contribution is -2.48. The second-order valence-corrected chi connectivity index (χ2v) is 9.26. The Hall–Kier alpha value is -1.96. The lowest BCUT2D eigenvalue weighted by atomic mass is 10.2. The number of rotatable bonds is 6. The van der Waals surface area contributed by atoms with Gasteiger partial charge >= 0.3 is 0 Å². The maximum absolute atomic E-state index is 13.9. The summed E-state index contributed by atoms with van der Waals surface area (Å²) in [6.07, 6.45) is -0.0453. The number of sulfone groups is 1. The summed E-state index contributed by atoms with van der Waals surface area (Å²) in [5.41, 5.74) is 0.456. The van der Waals surface area contributed by atoms with Crippen LogP contribution in [0.2, 0.25) is 5.02 Å². The average molecular weight is 425 g/mol. The molecule has 1 heterocycles. The van der Waals surface area contributed by atoms with Crippen LogP contribution in [0.25, 0.3) is 0 Å². The van der Waals surface area contributed by atoms with E-state index in [-0.39, 0.29) is 28.8 Å². The van der Waals surface area contributed by atoms with E-state index >= 15 is 0 Å². The molecule has 1 aliphatic heterocycles. The van der Waals surface area contributed by atoms with Crippen molar-refractivity contribution >= 4 is 27.3 Å². The molecule has 8 heteroatoms. The topological polar surface area (TPSA) is 57.7 Å². The van der Waals surface area contributed by atoms with Gasteiger partial charge in [-0.25, -0.2) is 12.8 Å². The molecule has 150 valence electrons. The predicted octanol–water partition coefficient (Wildman–Crippen LogP) is 2.99. The Kier molecular flexibility index (Phi) is 6.69. The SMILES string of the molecule is O=C(CCS(=O)(=O)c1ccccc1)N1CCN(Cc2c(F)cccc2Cl)CC1. The summed E-state index contributed by atoms with van der Waals surface area (Å²) >= 11 is 6.07. The van der Waals surface area contributed by atoms with E-state index < -0.39 is 9.84 Å². The van der Waals surface area contributed by atoms with Gasteiger partial charge in [-0.3, -0.25) is 9.69 Å². The van der Waals surface area contributed by atoms with Gasteiger partial charge in [-0.1, -0.05) is 35.9 Å². The molecule has 0 aliphatic carbocycles. The number of amides is 1. The normalized spacial score (nSPS) is 15.6. The van der Waals surface area contributed by atoms with Crippen LogP contribution in [0, 0.1) is 5.82 Å². The molecule has 0 aromatic heterocycles. The minimum Gasteiger partial charge on any atom is -0.340 e. The van der Waals surface area contributed by atoms with E-state index in [1.807, 2.05) is 4.90 Å². The molecule has 0 N–H and O–H groups in total. The lowest BCUT2D eigenvalue weighted by Gasteiger charge is -2.35. The first-order valence-corrected chi connectivity index (χ1v) is 11.1. The van der Waals surface area contributed by atoms with E-state index in [4.69, 9.17) is 11.6 Å². The zero-order valence-electron chi connectivity index (χ0n) is 15.4. The Morgan fingerprint density at radius 1 is 1.00 bits per heavy atom. The van der Waals surface area contributed by atoms with Crippen molar-refractivity contribution in [3.05, 3.63) is 64.9 Å². The van der Waals surface area contributed by atoms with E-state index in [0.29, 0.717) is 43.3 Å². The summed E-state index contributed by atoms with van der Waals surface area (Å²) in [7, 11) is -3.47. The minimum atomic E-state index is -3.47. The number of hydrogen-bond acceptors (Lipinski definition) is 4. The molecule has 5 nitrogen and oxygen atoms in total. The maximum atomic E-state index is 13.9. The average Bonchev–Trinajstić information content (AvgIpc) is 2.70. The molecule has 1 fully saturated rings. The molecule has 0 unspecified atom stereocenters. The van der Waals surface area contributed by atoms with Gasteiger partial charge < -0.3 is 4.90 Å². The summed E-state index contributed by atoms with van der Waals surface area (Å²) in [6.45, 7) is 2.52. The summed E-state index contributed by atoms with van der Waals surface area (Å²) in [5, 5.41) is 0.393. The largest absolute Gasteiger partial charge is 0.340 e. The van der Waals surface area contributed by atoms with Crippen LogP contribution in [-0.2, 0) is 21.2 Å². The highest BCUT2D eigenvalue weighted by Gasteiger charge is 2.24. The van der Waals surface area contributed by atoms with Gasteiger partial charge in [0, 0.05) is 49.7 Å². The minimum absolute atomic E-state index is 0.0453. The molecule has 28 heavy (non-hydrogen) atoms. The van der Waals surface area contributed by atoms with Gasteiger partial charge in [0.05, 0.1) is 10.6 Å². The second-order valence-electron chi connectivity index (χ2n) is 6.74. The third-order valence-corrected chi connectivity index (χ3v) is 6.94. The van der Waals surface area contributed by atoms with Crippen molar-refractivity contribution in [1.29, 1.82) is 0 Å². The monoisotopic (exact) mass is 424 g/mol. The summed E-state index contributed by atoms with van der Waals surface area (Å²) in [6, 6.07) is 12.8. The number of piperazine rings is 1. The van der Waals surface area contributed by atoms with Crippen molar-refractivity contribution in [3.63, 3.8) is 0 Å². The molecule has 3 rings (SSSR count). The van der Waals surface area contributed by atoms with Crippen LogP contribution >= 0.6 is 11.6 Å². The Bertz CT molecular complexity index is 909. The zero-order chi connectivity index (χ0) is 20.1. The second kappa shape index (κ2) is 9.03. The molecule has 2 aromatic rings. The first-order chi connectivity index (χ1) is 13.4. The van der Waals surface area contributed by atoms with Gasteiger partial charge in [0.2, 0.25) is 5.91 Å². The van der Waals surface area contributed by atoms with Crippen LogP contribution in [0.3, 0.4) is 0 Å². The third kappa shape index (κ3) is 5.10. The summed E-state index contributed by atoms with van der Waals surface area (Å²) in [4.78, 5) is 16.3. The number of benzene rings is 2. The van der Waals surface area contributed by atoms with Gasteiger partial charge in [0.1, 0.15) is 5.82 Å². The van der Waals surface area contributed by atoms with Crippen molar-refractivity contribution in [2.45, 2.75) is 17.9 Å². The van der Waals surface area contributed by atoms with Crippen LogP contribution in [0.5, 0.6) is 0 Å².